The third kappa shape index (κ3) is 3.25. The minimum atomic E-state index is 0.0619. The van der Waals surface area contributed by atoms with Gasteiger partial charge in [-0.25, -0.2) is 4.98 Å². The van der Waals surface area contributed by atoms with Crippen molar-refractivity contribution in [1.82, 2.24) is 14.8 Å². The van der Waals surface area contributed by atoms with Crippen molar-refractivity contribution >= 4 is 17.5 Å². The van der Waals surface area contributed by atoms with E-state index in [0.29, 0.717) is 10.7 Å². The highest BCUT2D eigenvalue weighted by Crippen LogP contribution is 2.17. The summed E-state index contributed by atoms with van der Waals surface area (Å²) in [6.45, 7) is 8.01. The van der Waals surface area contributed by atoms with Gasteiger partial charge in [0.2, 0.25) is 0 Å². The highest BCUT2D eigenvalue weighted by Gasteiger charge is 2.29. The predicted octanol–water partition coefficient (Wildman–Crippen LogP) is 2.29. The lowest BCUT2D eigenvalue weighted by Gasteiger charge is -2.41. The van der Waals surface area contributed by atoms with Crippen molar-refractivity contribution in [3.8, 4) is 0 Å². The number of carbonyl (C=O) groups excluding carboxylic acids is 1. The van der Waals surface area contributed by atoms with Crippen LogP contribution in [0.4, 0.5) is 0 Å². The maximum atomic E-state index is 12.5. The molecule has 1 aromatic heterocycles. The molecule has 1 amide bonds. The molecule has 0 aromatic carbocycles. The first kappa shape index (κ1) is 14.3. The molecule has 1 aromatic rings. The highest BCUT2D eigenvalue weighted by atomic mass is 35.5. The Labute approximate surface area is 119 Å². The molecule has 2 heterocycles. The number of nitrogens with zero attached hydrogens (tertiary/aromatic N) is 3. The van der Waals surface area contributed by atoms with Gasteiger partial charge in [-0.1, -0.05) is 25.4 Å². The Balaban J connectivity index is 2.14. The molecule has 104 valence electrons. The maximum absolute atomic E-state index is 12.5. The summed E-state index contributed by atoms with van der Waals surface area (Å²) in [5.74, 6) is 0.0619. The number of rotatable bonds is 3. The number of aromatic nitrogens is 1. The van der Waals surface area contributed by atoms with Gasteiger partial charge in [-0.2, -0.15) is 0 Å². The van der Waals surface area contributed by atoms with Crippen molar-refractivity contribution in [2.24, 2.45) is 0 Å². The molecule has 0 bridgehead atoms. The monoisotopic (exact) mass is 281 g/mol. The normalized spacial score (nSPS) is 20.6. The fourth-order valence-corrected chi connectivity index (χ4v) is 2.70. The zero-order chi connectivity index (χ0) is 13.8. The molecule has 5 heteroatoms. The van der Waals surface area contributed by atoms with Crippen molar-refractivity contribution in [2.75, 3.05) is 26.2 Å². The lowest BCUT2D eigenvalue weighted by Crippen LogP contribution is -2.54. The third-order valence-electron chi connectivity index (χ3n) is 3.72. The van der Waals surface area contributed by atoms with E-state index < -0.39 is 0 Å². The van der Waals surface area contributed by atoms with Crippen LogP contribution >= 0.6 is 11.6 Å². The van der Waals surface area contributed by atoms with Crippen LogP contribution < -0.4 is 0 Å². The van der Waals surface area contributed by atoms with Crippen molar-refractivity contribution in [3.63, 3.8) is 0 Å². The summed E-state index contributed by atoms with van der Waals surface area (Å²) in [4.78, 5) is 20.8. The number of pyridine rings is 1. The average Bonchev–Trinajstić information content (AvgIpc) is 2.45. The van der Waals surface area contributed by atoms with Gasteiger partial charge in [0, 0.05) is 37.4 Å². The minimum Gasteiger partial charge on any atom is -0.333 e. The second-order valence-electron chi connectivity index (χ2n) is 4.82. The molecular weight excluding hydrogens is 262 g/mol. The summed E-state index contributed by atoms with van der Waals surface area (Å²) >= 11 is 5.85. The molecule has 0 saturated carbocycles. The van der Waals surface area contributed by atoms with E-state index in [9.17, 15) is 4.79 Å². The van der Waals surface area contributed by atoms with Crippen molar-refractivity contribution in [2.45, 2.75) is 26.3 Å². The van der Waals surface area contributed by atoms with E-state index in [1.807, 2.05) is 4.90 Å². The van der Waals surface area contributed by atoms with E-state index in [1.165, 1.54) is 0 Å². The molecule has 4 nitrogen and oxygen atoms in total. The van der Waals surface area contributed by atoms with Gasteiger partial charge in [-0.15, -0.1) is 0 Å². The molecule has 0 aliphatic carbocycles. The molecule has 1 saturated heterocycles. The quantitative estimate of drug-likeness (QED) is 0.798. The number of halogens is 1. The van der Waals surface area contributed by atoms with Gasteiger partial charge in [0.1, 0.15) is 5.15 Å². The van der Waals surface area contributed by atoms with Crippen LogP contribution in [-0.2, 0) is 0 Å². The van der Waals surface area contributed by atoms with Crippen LogP contribution in [0.15, 0.2) is 18.3 Å². The number of likely N-dealkylation sites (N-methyl/N-ethyl adjacent to an activating group) is 1. The number of hydrogen-bond donors (Lipinski definition) is 0. The topological polar surface area (TPSA) is 36.4 Å². The summed E-state index contributed by atoms with van der Waals surface area (Å²) in [7, 11) is 0. The van der Waals surface area contributed by atoms with Crippen LogP contribution in [0.1, 0.15) is 30.6 Å². The first-order valence-electron chi connectivity index (χ1n) is 6.80. The fraction of sp³-hybridized carbons (Fsp3) is 0.571. The Morgan fingerprint density at radius 3 is 2.89 bits per heavy atom. The number of piperazine rings is 1. The first-order chi connectivity index (χ1) is 9.15. The van der Waals surface area contributed by atoms with Gasteiger partial charge in [0.05, 0.1) is 0 Å². The second-order valence-corrected chi connectivity index (χ2v) is 5.21. The zero-order valence-electron chi connectivity index (χ0n) is 11.5. The van der Waals surface area contributed by atoms with Gasteiger partial charge in [-0.05, 0) is 25.1 Å². The SMILES string of the molecule is CC[C@H]1CN(CC)CCN1C(=O)c1ccnc(Cl)c1. The number of carbonyl (C=O) groups is 1. The zero-order valence-corrected chi connectivity index (χ0v) is 12.2. The van der Waals surface area contributed by atoms with E-state index in [4.69, 9.17) is 11.6 Å². The average molecular weight is 282 g/mol. The van der Waals surface area contributed by atoms with E-state index in [1.54, 1.807) is 18.3 Å². The Bertz CT molecular complexity index is 452. The van der Waals surface area contributed by atoms with Crippen LogP contribution in [-0.4, -0.2) is 52.9 Å². The molecule has 0 unspecified atom stereocenters. The second kappa shape index (κ2) is 6.35. The van der Waals surface area contributed by atoms with Gasteiger partial charge in [-0.3, -0.25) is 9.69 Å². The molecule has 1 aliphatic rings. The molecule has 1 atom stereocenters. The Kier molecular flexibility index (Phi) is 4.77. The van der Waals surface area contributed by atoms with Gasteiger partial charge in [0.15, 0.2) is 0 Å². The number of amides is 1. The van der Waals surface area contributed by atoms with Crippen LogP contribution in [0.3, 0.4) is 0 Å². The van der Waals surface area contributed by atoms with Gasteiger partial charge in [0.25, 0.3) is 5.91 Å². The molecule has 19 heavy (non-hydrogen) atoms. The summed E-state index contributed by atoms with van der Waals surface area (Å²) in [6, 6.07) is 3.66. The minimum absolute atomic E-state index is 0.0619. The van der Waals surface area contributed by atoms with Crippen molar-refractivity contribution in [1.29, 1.82) is 0 Å². The summed E-state index contributed by atoms with van der Waals surface area (Å²) in [6.07, 6.45) is 2.56. The molecule has 0 spiro atoms. The van der Waals surface area contributed by atoms with Crippen molar-refractivity contribution < 1.29 is 4.79 Å². The van der Waals surface area contributed by atoms with E-state index >= 15 is 0 Å². The lowest BCUT2D eigenvalue weighted by molar-refractivity contribution is 0.0456. The lowest BCUT2D eigenvalue weighted by atomic mass is 10.1. The van der Waals surface area contributed by atoms with Crippen molar-refractivity contribution in [3.05, 3.63) is 29.0 Å². The van der Waals surface area contributed by atoms with E-state index in [2.05, 4.69) is 23.7 Å². The number of hydrogen-bond acceptors (Lipinski definition) is 3. The molecule has 1 fully saturated rings. The molecule has 2 rings (SSSR count). The molecule has 0 N–H and O–H groups in total. The van der Waals surface area contributed by atoms with Crippen LogP contribution in [0.25, 0.3) is 0 Å². The standard InChI is InChI=1S/C14H20ClN3O/c1-3-12-10-17(4-2)7-8-18(12)14(19)11-5-6-16-13(15)9-11/h5-6,9,12H,3-4,7-8,10H2,1-2H3/t12-/m0/s1. The van der Waals surface area contributed by atoms with E-state index in [-0.39, 0.29) is 11.9 Å². The Morgan fingerprint density at radius 1 is 1.47 bits per heavy atom. The Morgan fingerprint density at radius 2 is 2.26 bits per heavy atom. The summed E-state index contributed by atoms with van der Waals surface area (Å²) in [5, 5.41) is 0.367. The largest absolute Gasteiger partial charge is 0.333 e. The smallest absolute Gasteiger partial charge is 0.254 e. The van der Waals surface area contributed by atoms with Crippen LogP contribution in [0, 0.1) is 0 Å². The van der Waals surface area contributed by atoms with Gasteiger partial charge < -0.3 is 4.90 Å². The van der Waals surface area contributed by atoms with Crippen LogP contribution in [0.5, 0.6) is 0 Å². The first-order valence-corrected chi connectivity index (χ1v) is 7.18. The molecule has 1 aliphatic heterocycles. The third-order valence-corrected chi connectivity index (χ3v) is 3.93. The van der Waals surface area contributed by atoms with Crippen LogP contribution in [0.2, 0.25) is 5.15 Å². The van der Waals surface area contributed by atoms with E-state index in [0.717, 1.165) is 32.6 Å². The fourth-order valence-electron chi connectivity index (χ4n) is 2.53. The molecule has 0 radical (unpaired) electrons. The van der Waals surface area contributed by atoms with Gasteiger partial charge >= 0.3 is 0 Å². The summed E-state index contributed by atoms with van der Waals surface area (Å²) in [5.41, 5.74) is 0.628. The Hall–Kier alpha value is -1.13. The molecular formula is C14H20ClN3O. The predicted molar refractivity (Wildman–Crippen MR) is 76.5 cm³/mol. The highest BCUT2D eigenvalue weighted by molar-refractivity contribution is 6.29. The summed E-state index contributed by atoms with van der Waals surface area (Å²) < 4.78 is 0. The maximum Gasteiger partial charge on any atom is 0.254 e.